The zero-order chi connectivity index (χ0) is 16.3. The van der Waals surface area contributed by atoms with Gasteiger partial charge in [-0.3, -0.25) is 0 Å². The van der Waals surface area contributed by atoms with Gasteiger partial charge in [-0.1, -0.05) is 51.4 Å². The maximum Gasteiger partial charge on any atom is 0.0847 e. The van der Waals surface area contributed by atoms with Crippen molar-refractivity contribution in [2.45, 2.75) is 54.1 Å². The highest BCUT2D eigenvalue weighted by Gasteiger charge is 2.21. The van der Waals surface area contributed by atoms with Gasteiger partial charge in [0, 0.05) is 9.93 Å². The lowest BCUT2D eigenvalue weighted by molar-refractivity contribution is 0.0784. The van der Waals surface area contributed by atoms with Crippen LogP contribution in [0.4, 0.5) is 0 Å². The molecule has 0 aliphatic carbocycles. The molecule has 1 aromatic rings. The monoisotopic (exact) mass is 316 g/mol. The van der Waals surface area contributed by atoms with Crippen LogP contribution < -0.4 is 0 Å². The van der Waals surface area contributed by atoms with Crippen LogP contribution in [0, 0.1) is 0 Å². The first kappa shape index (κ1) is 21.9. The van der Waals surface area contributed by atoms with Gasteiger partial charge < -0.3 is 5.11 Å². The third kappa shape index (κ3) is 6.83. The van der Waals surface area contributed by atoms with E-state index in [0.717, 1.165) is 16.0 Å². The van der Waals surface area contributed by atoms with E-state index in [1.54, 1.807) is 25.6 Å². The van der Waals surface area contributed by atoms with E-state index in [2.05, 4.69) is 0 Å². The lowest BCUT2D eigenvalue weighted by Gasteiger charge is -2.22. The summed E-state index contributed by atoms with van der Waals surface area (Å²) in [5.41, 5.74) is 1.03. The maximum absolute atomic E-state index is 10.1. The molecular formula is C17H29ClOS. The quantitative estimate of drug-likeness (QED) is 0.701. The van der Waals surface area contributed by atoms with Gasteiger partial charge in [-0.15, -0.1) is 11.8 Å². The fourth-order valence-electron chi connectivity index (χ4n) is 1.62. The SMILES string of the molecule is C/C=C(\SC)c1ccc(Cl)cc1C(C)(C)O.CC.CC. The van der Waals surface area contributed by atoms with Crippen molar-refractivity contribution in [3.05, 3.63) is 40.4 Å². The molecule has 0 atom stereocenters. The molecule has 0 amide bonds. The van der Waals surface area contributed by atoms with Crippen molar-refractivity contribution in [3.63, 3.8) is 0 Å². The molecule has 1 N–H and O–H groups in total. The number of hydrogen-bond acceptors (Lipinski definition) is 2. The third-order valence-corrected chi connectivity index (χ3v) is 3.52. The molecule has 0 bridgehead atoms. The molecule has 0 spiro atoms. The molecule has 0 heterocycles. The zero-order valence-electron chi connectivity index (χ0n) is 14.0. The first-order valence-corrected chi connectivity index (χ1v) is 8.73. The third-order valence-electron chi connectivity index (χ3n) is 2.39. The van der Waals surface area contributed by atoms with E-state index in [1.165, 1.54) is 0 Å². The van der Waals surface area contributed by atoms with Gasteiger partial charge >= 0.3 is 0 Å². The van der Waals surface area contributed by atoms with Crippen LogP contribution in [-0.2, 0) is 5.60 Å². The van der Waals surface area contributed by atoms with E-state index in [1.807, 2.05) is 65.1 Å². The summed E-state index contributed by atoms with van der Waals surface area (Å²) in [6.07, 6.45) is 4.07. The Morgan fingerprint density at radius 3 is 2.05 bits per heavy atom. The van der Waals surface area contributed by atoms with Crippen molar-refractivity contribution < 1.29 is 5.11 Å². The van der Waals surface area contributed by atoms with E-state index in [9.17, 15) is 5.11 Å². The minimum Gasteiger partial charge on any atom is -0.386 e. The summed E-state index contributed by atoms with van der Waals surface area (Å²) in [4.78, 5) is 1.15. The fraction of sp³-hybridized carbons (Fsp3) is 0.529. The standard InChI is InChI=1S/C13H17ClOS.2C2H6/c1-5-12(16-4)10-7-6-9(14)8-11(10)13(2,3)15;2*1-2/h5-8,15H,1-4H3;2*1-2H3/b12-5-;;. The van der Waals surface area contributed by atoms with Crippen LogP contribution in [0.25, 0.3) is 4.91 Å². The molecule has 0 fully saturated rings. The lowest BCUT2D eigenvalue weighted by atomic mass is 9.93. The first-order chi connectivity index (χ1) is 9.40. The van der Waals surface area contributed by atoms with Gasteiger partial charge in [-0.2, -0.15) is 0 Å². The van der Waals surface area contributed by atoms with Crippen molar-refractivity contribution >= 4 is 28.3 Å². The molecule has 116 valence electrons. The molecule has 0 saturated heterocycles. The van der Waals surface area contributed by atoms with E-state index >= 15 is 0 Å². The van der Waals surface area contributed by atoms with Crippen molar-refractivity contribution in [2.75, 3.05) is 6.26 Å². The van der Waals surface area contributed by atoms with Gasteiger partial charge in [0.15, 0.2) is 0 Å². The molecule has 1 rings (SSSR count). The zero-order valence-corrected chi connectivity index (χ0v) is 15.6. The van der Waals surface area contributed by atoms with Crippen molar-refractivity contribution in [1.82, 2.24) is 0 Å². The summed E-state index contributed by atoms with van der Waals surface area (Å²) in [6, 6.07) is 5.64. The average molecular weight is 317 g/mol. The Labute approximate surface area is 134 Å². The van der Waals surface area contributed by atoms with Crippen LogP contribution in [0.1, 0.15) is 59.6 Å². The molecular weight excluding hydrogens is 288 g/mol. The molecule has 0 unspecified atom stereocenters. The minimum atomic E-state index is -0.885. The predicted octanol–water partition coefficient (Wildman–Crippen LogP) is 6.34. The number of rotatable bonds is 3. The average Bonchev–Trinajstić information content (AvgIpc) is 2.45. The van der Waals surface area contributed by atoms with Crippen molar-refractivity contribution in [3.8, 4) is 0 Å². The topological polar surface area (TPSA) is 20.2 Å². The number of hydrogen-bond donors (Lipinski definition) is 1. The van der Waals surface area contributed by atoms with Crippen molar-refractivity contribution in [2.24, 2.45) is 0 Å². The Kier molecular flexibility index (Phi) is 12.3. The highest BCUT2D eigenvalue weighted by atomic mass is 35.5. The molecule has 20 heavy (non-hydrogen) atoms. The van der Waals surface area contributed by atoms with E-state index in [0.29, 0.717) is 5.02 Å². The van der Waals surface area contributed by atoms with Crippen molar-refractivity contribution in [1.29, 1.82) is 0 Å². The van der Waals surface area contributed by atoms with Crippen LogP contribution in [0.5, 0.6) is 0 Å². The molecule has 1 aromatic carbocycles. The van der Waals surface area contributed by atoms with E-state index in [4.69, 9.17) is 11.6 Å². The first-order valence-electron chi connectivity index (χ1n) is 7.13. The summed E-state index contributed by atoms with van der Waals surface area (Å²) in [5, 5.41) is 10.8. The highest BCUT2D eigenvalue weighted by molar-refractivity contribution is 8.07. The largest absolute Gasteiger partial charge is 0.386 e. The Hall–Kier alpha value is -0.440. The van der Waals surface area contributed by atoms with Gasteiger partial charge in [0.05, 0.1) is 5.60 Å². The Bertz CT molecular complexity index is 406. The van der Waals surface area contributed by atoms with Crippen LogP contribution in [0.3, 0.4) is 0 Å². The van der Waals surface area contributed by atoms with E-state index < -0.39 is 5.60 Å². The second-order valence-corrected chi connectivity index (χ2v) is 5.39. The molecule has 0 radical (unpaired) electrons. The second-order valence-electron chi connectivity index (χ2n) is 4.11. The second kappa shape index (κ2) is 11.2. The Morgan fingerprint density at radius 2 is 1.70 bits per heavy atom. The molecule has 1 nitrogen and oxygen atoms in total. The van der Waals surface area contributed by atoms with Gasteiger partial charge in [-0.05, 0) is 50.3 Å². The Balaban J connectivity index is 0. The molecule has 0 aliphatic heterocycles. The van der Waals surface area contributed by atoms with Gasteiger partial charge in [-0.25, -0.2) is 0 Å². The fourth-order valence-corrected chi connectivity index (χ4v) is 2.43. The molecule has 0 saturated carbocycles. The summed E-state index contributed by atoms with van der Waals surface area (Å²) < 4.78 is 0. The van der Waals surface area contributed by atoms with Crippen LogP contribution >= 0.6 is 23.4 Å². The van der Waals surface area contributed by atoms with E-state index in [-0.39, 0.29) is 0 Å². The minimum absolute atomic E-state index is 0.650. The lowest BCUT2D eigenvalue weighted by Crippen LogP contribution is -2.17. The number of aliphatic hydroxyl groups is 1. The van der Waals surface area contributed by atoms with Crippen LogP contribution in [0.15, 0.2) is 24.3 Å². The molecule has 3 heteroatoms. The van der Waals surface area contributed by atoms with Crippen LogP contribution in [0.2, 0.25) is 5.02 Å². The van der Waals surface area contributed by atoms with Gasteiger partial charge in [0.25, 0.3) is 0 Å². The normalized spacial score (nSPS) is 11.0. The molecule has 0 aliphatic rings. The van der Waals surface area contributed by atoms with Gasteiger partial charge in [0.1, 0.15) is 0 Å². The van der Waals surface area contributed by atoms with Gasteiger partial charge in [0.2, 0.25) is 0 Å². The Morgan fingerprint density at radius 1 is 1.20 bits per heavy atom. The highest BCUT2D eigenvalue weighted by Crippen LogP contribution is 2.35. The summed E-state index contributed by atoms with van der Waals surface area (Å²) >= 11 is 7.64. The summed E-state index contributed by atoms with van der Waals surface area (Å²) in [5.74, 6) is 0. The number of benzene rings is 1. The summed E-state index contributed by atoms with van der Waals surface area (Å²) in [7, 11) is 0. The smallest absolute Gasteiger partial charge is 0.0847 e. The predicted molar refractivity (Wildman–Crippen MR) is 96.6 cm³/mol. The maximum atomic E-state index is 10.1. The number of thioether (sulfide) groups is 1. The number of halogens is 1. The summed E-state index contributed by atoms with van der Waals surface area (Å²) in [6.45, 7) is 13.5. The molecule has 0 aromatic heterocycles. The number of allylic oxidation sites excluding steroid dienone is 1. The van der Waals surface area contributed by atoms with Crippen LogP contribution in [-0.4, -0.2) is 11.4 Å².